The molecule has 0 spiro atoms. The minimum absolute atomic E-state index is 0.0734. The van der Waals surface area contributed by atoms with E-state index in [1.54, 1.807) is 0 Å². The summed E-state index contributed by atoms with van der Waals surface area (Å²) in [6.45, 7) is 9.05. The molecule has 1 aromatic heterocycles. The maximum atomic E-state index is 12.1. The number of aromatic nitrogens is 1. The van der Waals surface area contributed by atoms with Gasteiger partial charge in [0.15, 0.2) is 0 Å². The number of nitrogens with one attached hydrogen (secondary N) is 1. The smallest absolute Gasteiger partial charge is 0.230 e. The molecular formula is C16H22N2O. The number of carbonyl (C=O) groups excluding carboxylic acids is 1. The molecule has 0 saturated carbocycles. The topological polar surface area (TPSA) is 34.0 Å². The molecule has 0 aliphatic rings. The van der Waals surface area contributed by atoms with Gasteiger partial charge in [0.05, 0.1) is 0 Å². The highest BCUT2D eigenvalue weighted by Gasteiger charge is 2.25. The molecule has 102 valence electrons. The van der Waals surface area contributed by atoms with Crippen LogP contribution in [0.1, 0.15) is 34.1 Å². The van der Waals surface area contributed by atoms with Crippen LogP contribution in [0.3, 0.4) is 0 Å². The van der Waals surface area contributed by atoms with Crippen LogP contribution in [0.5, 0.6) is 0 Å². The highest BCUT2D eigenvalue weighted by molar-refractivity contribution is 5.96. The summed E-state index contributed by atoms with van der Waals surface area (Å²) in [5.41, 5.74) is 1.74. The van der Waals surface area contributed by atoms with Gasteiger partial charge in [-0.2, -0.15) is 0 Å². The molecule has 3 nitrogen and oxygen atoms in total. The maximum Gasteiger partial charge on any atom is 0.230 e. The van der Waals surface area contributed by atoms with Crippen molar-refractivity contribution in [2.24, 2.45) is 5.41 Å². The first-order chi connectivity index (χ1) is 8.97. The Morgan fingerprint density at radius 2 is 2.00 bits per heavy atom. The Bertz CT molecular complexity index is 596. The summed E-state index contributed by atoms with van der Waals surface area (Å²) < 4.78 is 2.19. The third-order valence-corrected chi connectivity index (χ3v) is 3.87. The van der Waals surface area contributed by atoms with E-state index in [4.69, 9.17) is 0 Å². The van der Waals surface area contributed by atoms with E-state index in [1.165, 1.54) is 5.52 Å². The molecule has 0 fully saturated rings. The van der Waals surface area contributed by atoms with E-state index in [2.05, 4.69) is 35.1 Å². The van der Waals surface area contributed by atoms with Crippen LogP contribution in [0.4, 0.5) is 5.69 Å². The number of rotatable bonds is 4. The predicted molar refractivity (Wildman–Crippen MR) is 80.3 cm³/mol. The van der Waals surface area contributed by atoms with Crippen molar-refractivity contribution in [1.29, 1.82) is 0 Å². The van der Waals surface area contributed by atoms with Crippen molar-refractivity contribution >= 4 is 22.5 Å². The lowest BCUT2D eigenvalue weighted by atomic mass is 9.89. The van der Waals surface area contributed by atoms with Gasteiger partial charge >= 0.3 is 0 Å². The fraction of sp³-hybridized carbons (Fsp3) is 0.438. The number of anilines is 1. The average Bonchev–Trinajstić information content (AvgIpc) is 2.80. The lowest BCUT2D eigenvalue weighted by molar-refractivity contribution is -0.124. The number of benzene rings is 1. The molecule has 0 unspecified atom stereocenters. The molecule has 1 heterocycles. The van der Waals surface area contributed by atoms with Gasteiger partial charge in [0.2, 0.25) is 5.91 Å². The Labute approximate surface area is 114 Å². The maximum absolute atomic E-state index is 12.1. The predicted octanol–water partition coefficient (Wildman–Crippen LogP) is 4.04. The van der Waals surface area contributed by atoms with Crippen LogP contribution >= 0.6 is 0 Å². The molecule has 1 N–H and O–H groups in total. The zero-order chi connectivity index (χ0) is 14.0. The van der Waals surface area contributed by atoms with Gasteiger partial charge < -0.3 is 9.88 Å². The van der Waals surface area contributed by atoms with E-state index < -0.39 is 0 Å². The van der Waals surface area contributed by atoms with E-state index in [-0.39, 0.29) is 11.3 Å². The Morgan fingerprint density at radius 3 is 2.63 bits per heavy atom. The third kappa shape index (κ3) is 2.65. The largest absolute Gasteiger partial charge is 0.348 e. The Hall–Kier alpha value is -1.77. The van der Waals surface area contributed by atoms with Crippen molar-refractivity contribution in [2.75, 3.05) is 5.32 Å². The van der Waals surface area contributed by atoms with Gasteiger partial charge in [-0.25, -0.2) is 0 Å². The summed E-state index contributed by atoms with van der Waals surface area (Å²) in [5, 5.41) is 4.17. The number of hydrogen-bond donors (Lipinski definition) is 1. The monoisotopic (exact) mass is 258 g/mol. The van der Waals surface area contributed by atoms with E-state index >= 15 is 0 Å². The molecule has 2 rings (SSSR count). The minimum atomic E-state index is -0.329. The normalized spacial score (nSPS) is 11.8. The van der Waals surface area contributed by atoms with Crippen LogP contribution in [0.25, 0.3) is 10.9 Å². The Kier molecular flexibility index (Phi) is 3.65. The lowest BCUT2D eigenvalue weighted by Crippen LogP contribution is -2.29. The van der Waals surface area contributed by atoms with E-state index in [9.17, 15) is 4.79 Å². The van der Waals surface area contributed by atoms with Crippen LogP contribution in [0, 0.1) is 5.41 Å². The molecule has 0 saturated heterocycles. The number of amides is 1. The number of nitrogens with zero attached hydrogens (tertiary/aromatic N) is 1. The van der Waals surface area contributed by atoms with Gasteiger partial charge in [0.1, 0.15) is 0 Å². The van der Waals surface area contributed by atoms with Crippen molar-refractivity contribution in [2.45, 2.75) is 40.7 Å². The first kappa shape index (κ1) is 13.7. The van der Waals surface area contributed by atoms with Crippen molar-refractivity contribution in [3.8, 4) is 0 Å². The molecule has 1 aromatic carbocycles. The van der Waals surface area contributed by atoms with Gasteiger partial charge in [-0.15, -0.1) is 0 Å². The summed E-state index contributed by atoms with van der Waals surface area (Å²) >= 11 is 0. The van der Waals surface area contributed by atoms with E-state index in [0.29, 0.717) is 0 Å². The van der Waals surface area contributed by atoms with Gasteiger partial charge in [-0.3, -0.25) is 4.79 Å². The quantitative estimate of drug-likeness (QED) is 0.882. The van der Waals surface area contributed by atoms with Crippen LogP contribution in [-0.2, 0) is 11.3 Å². The first-order valence-electron chi connectivity index (χ1n) is 6.88. The molecule has 2 aromatic rings. The number of hydrogen-bond acceptors (Lipinski definition) is 1. The first-order valence-corrected chi connectivity index (χ1v) is 6.88. The average molecular weight is 258 g/mol. The van der Waals surface area contributed by atoms with Crippen molar-refractivity contribution in [1.82, 2.24) is 4.57 Å². The van der Waals surface area contributed by atoms with Crippen molar-refractivity contribution in [3.63, 3.8) is 0 Å². The van der Waals surface area contributed by atoms with Crippen molar-refractivity contribution < 1.29 is 4.79 Å². The van der Waals surface area contributed by atoms with Gasteiger partial charge in [-0.1, -0.05) is 20.8 Å². The van der Waals surface area contributed by atoms with Gasteiger partial charge in [-0.05, 0) is 37.6 Å². The van der Waals surface area contributed by atoms with Gasteiger partial charge in [0, 0.05) is 34.7 Å². The van der Waals surface area contributed by atoms with Crippen molar-refractivity contribution in [3.05, 3.63) is 30.5 Å². The summed E-state index contributed by atoms with van der Waals surface area (Å²) in [7, 11) is 0. The van der Waals surface area contributed by atoms with Crippen LogP contribution in [0.15, 0.2) is 30.5 Å². The summed E-state index contributed by atoms with van der Waals surface area (Å²) in [4.78, 5) is 12.1. The summed E-state index contributed by atoms with van der Waals surface area (Å²) in [5.74, 6) is 0.0734. The molecular weight excluding hydrogens is 236 g/mol. The molecule has 0 aliphatic carbocycles. The zero-order valence-corrected chi connectivity index (χ0v) is 12.2. The molecule has 0 bridgehead atoms. The Morgan fingerprint density at radius 1 is 1.26 bits per heavy atom. The number of fused-ring (bicyclic) bond motifs is 1. The molecule has 0 radical (unpaired) electrons. The minimum Gasteiger partial charge on any atom is -0.348 e. The Balaban J connectivity index is 2.25. The molecule has 0 atom stereocenters. The lowest BCUT2D eigenvalue weighted by Gasteiger charge is -2.21. The highest BCUT2D eigenvalue weighted by Crippen LogP contribution is 2.25. The molecule has 19 heavy (non-hydrogen) atoms. The highest BCUT2D eigenvalue weighted by atomic mass is 16.2. The van der Waals surface area contributed by atoms with Crippen LogP contribution in [-0.4, -0.2) is 10.5 Å². The second-order valence-electron chi connectivity index (χ2n) is 5.57. The van der Waals surface area contributed by atoms with Gasteiger partial charge in [0.25, 0.3) is 0 Å². The third-order valence-electron chi connectivity index (χ3n) is 3.87. The summed E-state index contributed by atoms with van der Waals surface area (Å²) in [6.07, 6.45) is 2.90. The van der Waals surface area contributed by atoms with Crippen LogP contribution in [0.2, 0.25) is 0 Å². The fourth-order valence-corrected chi connectivity index (χ4v) is 2.01. The van der Waals surface area contributed by atoms with E-state index in [1.807, 2.05) is 32.9 Å². The van der Waals surface area contributed by atoms with Crippen LogP contribution < -0.4 is 5.32 Å². The standard InChI is InChI=1S/C16H22N2O/c1-5-16(3,4)15(19)17-13-7-8-14-12(11-13)9-10-18(14)6-2/h7-11H,5-6H2,1-4H3,(H,17,19). The molecule has 0 aliphatic heterocycles. The molecule has 1 amide bonds. The number of carbonyl (C=O) groups is 1. The van der Waals surface area contributed by atoms with E-state index in [0.717, 1.165) is 24.0 Å². The second-order valence-corrected chi connectivity index (χ2v) is 5.57. The summed E-state index contributed by atoms with van der Waals surface area (Å²) in [6, 6.07) is 8.15. The molecule has 3 heteroatoms. The fourth-order valence-electron chi connectivity index (χ4n) is 2.01. The zero-order valence-electron chi connectivity index (χ0n) is 12.2. The number of aryl methyl sites for hydroxylation is 1. The second kappa shape index (κ2) is 5.08. The SMILES string of the molecule is CCn1ccc2cc(NC(=O)C(C)(C)CC)ccc21.